The zero-order valence-corrected chi connectivity index (χ0v) is 15.1. The molecule has 26 heavy (non-hydrogen) atoms. The van der Waals surface area contributed by atoms with Crippen LogP contribution < -0.4 is 5.32 Å². The highest BCUT2D eigenvalue weighted by Gasteiger charge is 2.22. The molecule has 140 valence electrons. The third-order valence-electron chi connectivity index (χ3n) is 5.38. The molecular weight excluding hydrogens is 332 g/mol. The number of nitrogens with zero attached hydrogens (tertiary/aromatic N) is 5. The van der Waals surface area contributed by atoms with Crippen molar-refractivity contribution in [2.45, 2.75) is 38.6 Å². The lowest BCUT2D eigenvalue weighted by atomic mass is 9.89. The summed E-state index contributed by atoms with van der Waals surface area (Å²) in [6.07, 6.45) is 8.71. The minimum atomic E-state index is 0.0748. The number of hydrogen-bond acceptors (Lipinski definition) is 6. The first-order valence-electron chi connectivity index (χ1n) is 9.59. The standard InChI is InChI=1S/C18H26N6O2/c25-18(14-4-2-1-3-5-14)22-16-15-12-21-24(17(15)20-13-19-16)7-6-23-8-10-26-11-9-23/h12-14H,1-11H2,(H,19,20,22,25). The Balaban J connectivity index is 1.45. The maximum absolute atomic E-state index is 12.5. The molecule has 1 amide bonds. The van der Waals surface area contributed by atoms with Crippen molar-refractivity contribution in [3.63, 3.8) is 0 Å². The zero-order chi connectivity index (χ0) is 17.8. The summed E-state index contributed by atoms with van der Waals surface area (Å²) in [6, 6.07) is 0. The number of carbonyl (C=O) groups is 1. The van der Waals surface area contributed by atoms with Crippen LogP contribution in [0, 0.1) is 5.92 Å². The van der Waals surface area contributed by atoms with E-state index in [1.54, 1.807) is 6.20 Å². The van der Waals surface area contributed by atoms with Gasteiger partial charge in [0.15, 0.2) is 5.65 Å². The molecule has 1 saturated carbocycles. The third kappa shape index (κ3) is 3.86. The molecule has 0 radical (unpaired) electrons. The van der Waals surface area contributed by atoms with E-state index in [4.69, 9.17) is 4.74 Å². The third-order valence-corrected chi connectivity index (χ3v) is 5.38. The molecule has 1 N–H and O–H groups in total. The number of anilines is 1. The van der Waals surface area contributed by atoms with Gasteiger partial charge in [-0.25, -0.2) is 14.6 Å². The van der Waals surface area contributed by atoms with Crippen LogP contribution in [0.3, 0.4) is 0 Å². The number of hydrogen-bond donors (Lipinski definition) is 1. The summed E-state index contributed by atoms with van der Waals surface area (Å²) >= 11 is 0. The summed E-state index contributed by atoms with van der Waals surface area (Å²) in [5, 5.41) is 8.27. The van der Waals surface area contributed by atoms with Crippen molar-refractivity contribution in [1.82, 2.24) is 24.6 Å². The van der Waals surface area contributed by atoms with E-state index in [1.165, 1.54) is 12.7 Å². The maximum atomic E-state index is 12.5. The van der Waals surface area contributed by atoms with Crippen LogP contribution in [-0.2, 0) is 16.1 Å². The molecule has 3 heterocycles. The van der Waals surface area contributed by atoms with E-state index in [1.807, 2.05) is 4.68 Å². The van der Waals surface area contributed by atoms with Crippen LogP contribution in [-0.4, -0.2) is 63.4 Å². The fourth-order valence-electron chi connectivity index (χ4n) is 3.80. The number of amides is 1. The molecule has 2 fully saturated rings. The normalized spacial score (nSPS) is 19.7. The number of ether oxygens (including phenoxy) is 1. The van der Waals surface area contributed by atoms with Crippen LogP contribution in [0.25, 0.3) is 11.0 Å². The highest BCUT2D eigenvalue weighted by Crippen LogP contribution is 2.26. The summed E-state index contributed by atoms with van der Waals surface area (Å²) in [5.41, 5.74) is 0.771. The Hall–Kier alpha value is -2.06. The molecule has 8 heteroatoms. The highest BCUT2D eigenvalue weighted by molar-refractivity contribution is 5.99. The van der Waals surface area contributed by atoms with Gasteiger partial charge < -0.3 is 10.1 Å². The van der Waals surface area contributed by atoms with Crippen LogP contribution in [0.1, 0.15) is 32.1 Å². The van der Waals surface area contributed by atoms with Crippen LogP contribution in [0.15, 0.2) is 12.5 Å². The van der Waals surface area contributed by atoms with Gasteiger partial charge in [0.1, 0.15) is 12.1 Å². The van der Waals surface area contributed by atoms with Crippen molar-refractivity contribution in [3.8, 4) is 0 Å². The molecule has 0 spiro atoms. The van der Waals surface area contributed by atoms with Crippen LogP contribution >= 0.6 is 0 Å². The van der Waals surface area contributed by atoms with Crippen molar-refractivity contribution in [3.05, 3.63) is 12.5 Å². The van der Waals surface area contributed by atoms with Gasteiger partial charge in [-0.15, -0.1) is 0 Å². The first kappa shape index (κ1) is 17.4. The smallest absolute Gasteiger partial charge is 0.228 e. The second-order valence-electron chi connectivity index (χ2n) is 7.11. The fourth-order valence-corrected chi connectivity index (χ4v) is 3.80. The topological polar surface area (TPSA) is 85.2 Å². The van der Waals surface area contributed by atoms with Gasteiger partial charge in [0, 0.05) is 25.6 Å². The second kappa shape index (κ2) is 8.09. The molecule has 0 unspecified atom stereocenters. The quantitative estimate of drug-likeness (QED) is 0.875. The van der Waals surface area contributed by atoms with Crippen molar-refractivity contribution in [2.75, 3.05) is 38.2 Å². The number of fused-ring (bicyclic) bond motifs is 1. The van der Waals surface area contributed by atoms with Crippen molar-refractivity contribution < 1.29 is 9.53 Å². The number of carbonyl (C=O) groups excluding carboxylic acids is 1. The minimum Gasteiger partial charge on any atom is -0.379 e. The first-order chi connectivity index (χ1) is 12.8. The van der Waals surface area contributed by atoms with Gasteiger partial charge in [-0.1, -0.05) is 19.3 Å². The predicted molar refractivity (Wildman–Crippen MR) is 97.8 cm³/mol. The van der Waals surface area contributed by atoms with Gasteiger partial charge in [0.05, 0.1) is 31.3 Å². The number of rotatable bonds is 5. The summed E-state index contributed by atoms with van der Waals surface area (Å²) in [6.45, 7) is 5.16. The molecule has 2 aromatic rings. The van der Waals surface area contributed by atoms with Crippen LogP contribution in [0.2, 0.25) is 0 Å². The predicted octanol–water partition coefficient (Wildman–Crippen LogP) is 1.68. The van der Waals surface area contributed by atoms with E-state index in [0.29, 0.717) is 5.82 Å². The molecule has 0 bridgehead atoms. The van der Waals surface area contributed by atoms with Gasteiger partial charge in [-0.3, -0.25) is 9.69 Å². The molecule has 2 aliphatic rings. The average Bonchev–Trinajstić information content (AvgIpc) is 3.12. The van der Waals surface area contributed by atoms with E-state index >= 15 is 0 Å². The Morgan fingerprint density at radius 3 is 2.77 bits per heavy atom. The Morgan fingerprint density at radius 2 is 1.96 bits per heavy atom. The number of aromatic nitrogens is 4. The second-order valence-corrected chi connectivity index (χ2v) is 7.11. The highest BCUT2D eigenvalue weighted by atomic mass is 16.5. The molecule has 1 aliphatic heterocycles. The lowest BCUT2D eigenvalue weighted by molar-refractivity contribution is -0.120. The molecule has 2 aromatic heterocycles. The van der Waals surface area contributed by atoms with E-state index in [2.05, 4.69) is 25.3 Å². The van der Waals surface area contributed by atoms with Crippen LogP contribution in [0.4, 0.5) is 5.82 Å². The van der Waals surface area contributed by atoms with Gasteiger partial charge in [-0.2, -0.15) is 5.10 Å². The Labute approximate surface area is 152 Å². The van der Waals surface area contributed by atoms with E-state index in [-0.39, 0.29) is 11.8 Å². The van der Waals surface area contributed by atoms with Gasteiger partial charge in [0.2, 0.25) is 5.91 Å². The number of morpholine rings is 1. The minimum absolute atomic E-state index is 0.0748. The first-order valence-corrected chi connectivity index (χ1v) is 9.59. The zero-order valence-electron chi connectivity index (χ0n) is 15.1. The monoisotopic (exact) mass is 358 g/mol. The van der Waals surface area contributed by atoms with E-state index in [0.717, 1.165) is 76.1 Å². The average molecular weight is 358 g/mol. The Kier molecular flexibility index (Phi) is 5.40. The molecule has 1 saturated heterocycles. The molecule has 4 rings (SSSR count). The number of nitrogens with one attached hydrogen (secondary N) is 1. The summed E-state index contributed by atoms with van der Waals surface area (Å²) in [4.78, 5) is 23.6. The summed E-state index contributed by atoms with van der Waals surface area (Å²) in [5.74, 6) is 0.749. The lowest BCUT2D eigenvalue weighted by Crippen LogP contribution is -2.38. The Bertz CT molecular complexity index is 749. The summed E-state index contributed by atoms with van der Waals surface area (Å²) < 4.78 is 7.28. The molecular formula is C18H26N6O2. The van der Waals surface area contributed by atoms with Crippen LogP contribution in [0.5, 0.6) is 0 Å². The Morgan fingerprint density at radius 1 is 1.15 bits per heavy atom. The van der Waals surface area contributed by atoms with Crippen molar-refractivity contribution in [1.29, 1.82) is 0 Å². The van der Waals surface area contributed by atoms with Crippen molar-refractivity contribution >= 4 is 22.8 Å². The molecule has 8 nitrogen and oxygen atoms in total. The van der Waals surface area contributed by atoms with Crippen molar-refractivity contribution in [2.24, 2.45) is 5.92 Å². The van der Waals surface area contributed by atoms with Gasteiger partial charge >= 0.3 is 0 Å². The largest absolute Gasteiger partial charge is 0.379 e. The lowest BCUT2D eigenvalue weighted by Gasteiger charge is -2.26. The SMILES string of the molecule is O=C(Nc1ncnc2c1cnn2CCN1CCOCC1)C1CCCCC1. The summed E-state index contributed by atoms with van der Waals surface area (Å²) in [7, 11) is 0. The molecule has 0 atom stereocenters. The fraction of sp³-hybridized carbons (Fsp3) is 0.667. The molecule has 1 aliphatic carbocycles. The molecule has 0 aromatic carbocycles. The maximum Gasteiger partial charge on any atom is 0.228 e. The van der Waals surface area contributed by atoms with Gasteiger partial charge in [-0.05, 0) is 12.8 Å². The van der Waals surface area contributed by atoms with E-state index < -0.39 is 0 Å². The van der Waals surface area contributed by atoms with Gasteiger partial charge in [0.25, 0.3) is 0 Å². The van der Waals surface area contributed by atoms with E-state index in [9.17, 15) is 4.79 Å².